The first-order valence-electron chi connectivity index (χ1n) is 8.93. The quantitative estimate of drug-likeness (QED) is 0.861. The molecule has 0 radical (unpaired) electrons. The van der Waals surface area contributed by atoms with Crippen molar-refractivity contribution in [1.82, 2.24) is 20.0 Å². The molecule has 5 nitrogen and oxygen atoms in total. The number of amides is 1. The molecule has 2 aromatic rings. The highest BCUT2D eigenvalue weighted by Gasteiger charge is 2.16. The summed E-state index contributed by atoms with van der Waals surface area (Å²) in [5.74, 6) is -0.00174. The number of aryl methyl sites for hydroxylation is 1. The molecule has 0 bridgehead atoms. The van der Waals surface area contributed by atoms with E-state index in [1.807, 2.05) is 12.1 Å². The number of benzene rings is 1. The summed E-state index contributed by atoms with van der Waals surface area (Å²) in [4.78, 5) is 14.6. The van der Waals surface area contributed by atoms with Crippen LogP contribution in [0.1, 0.15) is 36.7 Å². The summed E-state index contributed by atoms with van der Waals surface area (Å²) >= 11 is 5.87. The summed E-state index contributed by atoms with van der Waals surface area (Å²) in [6.07, 6.45) is 2.65. The van der Waals surface area contributed by atoms with E-state index in [1.54, 1.807) is 12.1 Å². The van der Waals surface area contributed by atoms with E-state index < -0.39 is 0 Å². The summed E-state index contributed by atoms with van der Waals surface area (Å²) in [7, 11) is 0. The predicted octanol–water partition coefficient (Wildman–Crippen LogP) is 3.01. The lowest BCUT2D eigenvalue weighted by Crippen LogP contribution is -2.25. The smallest absolute Gasteiger partial charge is 0.224 e. The Balaban J connectivity index is 1.54. The van der Waals surface area contributed by atoms with Gasteiger partial charge in [0.1, 0.15) is 0 Å². The fourth-order valence-electron chi connectivity index (χ4n) is 3.22. The van der Waals surface area contributed by atoms with Gasteiger partial charge in [0.25, 0.3) is 0 Å². The van der Waals surface area contributed by atoms with Gasteiger partial charge < -0.3 is 5.32 Å². The van der Waals surface area contributed by atoms with Gasteiger partial charge in [-0.3, -0.25) is 14.4 Å². The van der Waals surface area contributed by atoms with Crippen LogP contribution in [-0.2, 0) is 30.8 Å². The lowest BCUT2D eigenvalue weighted by Gasteiger charge is -2.17. The van der Waals surface area contributed by atoms with Gasteiger partial charge in [-0.25, -0.2) is 0 Å². The monoisotopic (exact) mass is 360 g/mol. The Kier molecular flexibility index (Phi) is 6.10. The highest BCUT2D eigenvalue weighted by atomic mass is 35.5. The number of nitrogens with one attached hydrogen (secondary N) is 1. The minimum atomic E-state index is -0.00174. The molecule has 1 aliphatic rings. The Morgan fingerprint density at radius 1 is 1.28 bits per heavy atom. The maximum Gasteiger partial charge on any atom is 0.224 e. The highest BCUT2D eigenvalue weighted by molar-refractivity contribution is 6.30. The highest BCUT2D eigenvalue weighted by Crippen LogP contribution is 2.14. The summed E-state index contributed by atoms with van der Waals surface area (Å²) in [6, 6.07) is 9.49. The molecule has 2 heterocycles. The van der Waals surface area contributed by atoms with Crippen molar-refractivity contribution in [3.63, 3.8) is 0 Å². The van der Waals surface area contributed by atoms with Crippen molar-refractivity contribution in [2.24, 2.45) is 0 Å². The number of nitrogens with zero attached hydrogens (tertiary/aromatic N) is 3. The molecule has 1 aromatic carbocycles. The molecule has 0 fully saturated rings. The molecule has 1 N–H and O–H groups in total. The number of rotatable bonds is 6. The average molecular weight is 361 g/mol. The number of hydrogen-bond acceptors (Lipinski definition) is 3. The van der Waals surface area contributed by atoms with E-state index in [0.29, 0.717) is 18.0 Å². The summed E-state index contributed by atoms with van der Waals surface area (Å²) in [6.45, 7) is 6.83. The predicted molar refractivity (Wildman–Crippen MR) is 99.4 cm³/mol. The lowest BCUT2D eigenvalue weighted by atomic mass is 10.1. The normalized spacial score (nSPS) is 14.8. The third-order valence-electron chi connectivity index (χ3n) is 4.43. The molecule has 3 rings (SSSR count). The molecule has 134 valence electrons. The van der Waals surface area contributed by atoms with Crippen LogP contribution < -0.4 is 5.32 Å². The molecule has 0 saturated heterocycles. The fourth-order valence-corrected chi connectivity index (χ4v) is 3.35. The zero-order valence-electron chi connectivity index (χ0n) is 14.7. The zero-order valence-corrected chi connectivity index (χ0v) is 15.4. The summed E-state index contributed by atoms with van der Waals surface area (Å²) in [5, 5.41) is 8.30. The topological polar surface area (TPSA) is 50.2 Å². The van der Waals surface area contributed by atoms with Gasteiger partial charge in [0.2, 0.25) is 5.91 Å². The molecule has 1 aromatic heterocycles. The summed E-state index contributed by atoms with van der Waals surface area (Å²) in [5.41, 5.74) is 3.13. The zero-order chi connectivity index (χ0) is 17.6. The molecule has 0 atom stereocenters. The molecule has 1 amide bonds. The Labute approximate surface area is 154 Å². The van der Waals surface area contributed by atoms with Crippen LogP contribution >= 0.6 is 11.6 Å². The lowest BCUT2D eigenvalue weighted by molar-refractivity contribution is -0.120. The van der Waals surface area contributed by atoms with Gasteiger partial charge in [-0.15, -0.1) is 0 Å². The minimum absolute atomic E-state index is 0.00174. The number of hydrogen-bond donors (Lipinski definition) is 1. The molecule has 0 spiro atoms. The number of fused-ring (bicyclic) bond motifs is 1. The first-order valence-corrected chi connectivity index (χ1v) is 9.31. The van der Waals surface area contributed by atoms with E-state index in [0.717, 1.165) is 43.9 Å². The standard InChI is InChI=1S/C19H25ClN4O/c1-2-8-23-9-3-10-24-18(14-23)12-17(22-24)13-21-19(25)11-15-4-6-16(20)7-5-15/h4-7,12H,2-3,8-11,13-14H2,1H3,(H,21,25). The van der Waals surface area contributed by atoms with Crippen molar-refractivity contribution in [2.75, 3.05) is 13.1 Å². The molecule has 25 heavy (non-hydrogen) atoms. The fraction of sp³-hybridized carbons (Fsp3) is 0.474. The van der Waals surface area contributed by atoms with Crippen LogP contribution in [0.15, 0.2) is 30.3 Å². The van der Waals surface area contributed by atoms with E-state index in [1.165, 1.54) is 12.1 Å². The maximum atomic E-state index is 12.1. The van der Waals surface area contributed by atoms with E-state index in [4.69, 9.17) is 11.6 Å². The third-order valence-corrected chi connectivity index (χ3v) is 4.68. The second-order valence-electron chi connectivity index (χ2n) is 6.56. The van der Waals surface area contributed by atoms with Gasteiger partial charge in [0.15, 0.2) is 0 Å². The van der Waals surface area contributed by atoms with Gasteiger partial charge in [0, 0.05) is 24.7 Å². The second kappa shape index (κ2) is 8.50. The second-order valence-corrected chi connectivity index (χ2v) is 7.00. The van der Waals surface area contributed by atoms with Crippen molar-refractivity contribution < 1.29 is 4.79 Å². The molecule has 0 aliphatic carbocycles. The van der Waals surface area contributed by atoms with Gasteiger partial charge >= 0.3 is 0 Å². The largest absolute Gasteiger partial charge is 0.350 e. The average Bonchev–Trinajstić information content (AvgIpc) is 2.87. The van der Waals surface area contributed by atoms with Crippen LogP contribution in [0.2, 0.25) is 5.02 Å². The van der Waals surface area contributed by atoms with Gasteiger partial charge in [-0.2, -0.15) is 5.10 Å². The van der Waals surface area contributed by atoms with Crippen molar-refractivity contribution in [1.29, 1.82) is 0 Å². The van der Waals surface area contributed by atoms with Crippen LogP contribution in [0.5, 0.6) is 0 Å². The maximum absolute atomic E-state index is 12.1. The number of carbonyl (C=O) groups is 1. The Bertz CT molecular complexity index is 711. The van der Waals surface area contributed by atoms with Crippen LogP contribution in [0.3, 0.4) is 0 Å². The van der Waals surface area contributed by atoms with E-state index >= 15 is 0 Å². The van der Waals surface area contributed by atoms with Crippen LogP contribution in [-0.4, -0.2) is 33.7 Å². The first-order chi connectivity index (χ1) is 12.1. The third kappa shape index (κ3) is 5.06. The molecule has 6 heteroatoms. The van der Waals surface area contributed by atoms with Crippen molar-refractivity contribution in [3.8, 4) is 0 Å². The van der Waals surface area contributed by atoms with Crippen LogP contribution in [0.25, 0.3) is 0 Å². The summed E-state index contributed by atoms with van der Waals surface area (Å²) < 4.78 is 2.09. The molecular weight excluding hydrogens is 336 g/mol. The number of halogens is 1. The van der Waals surface area contributed by atoms with Crippen molar-refractivity contribution in [2.45, 2.75) is 45.8 Å². The van der Waals surface area contributed by atoms with Gasteiger partial charge in [-0.1, -0.05) is 30.7 Å². The number of carbonyl (C=O) groups excluding carboxylic acids is 1. The van der Waals surface area contributed by atoms with E-state index in [2.05, 4.69) is 33.0 Å². The molecule has 1 aliphatic heterocycles. The van der Waals surface area contributed by atoms with Crippen molar-refractivity contribution >= 4 is 17.5 Å². The van der Waals surface area contributed by atoms with E-state index in [9.17, 15) is 4.79 Å². The Morgan fingerprint density at radius 2 is 2.08 bits per heavy atom. The van der Waals surface area contributed by atoms with E-state index in [-0.39, 0.29) is 5.91 Å². The van der Waals surface area contributed by atoms with Gasteiger partial charge in [-0.05, 0) is 43.1 Å². The number of aromatic nitrogens is 2. The first kappa shape index (κ1) is 18.0. The Morgan fingerprint density at radius 3 is 2.84 bits per heavy atom. The van der Waals surface area contributed by atoms with Gasteiger partial charge in [0.05, 0.1) is 24.4 Å². The molecular formula is C19H25ClN4O. The molecule has 0 unspecified atom stereocenters. The van der Waals surface area contributed by atoms with Crippen LogP contribution in [0, 0.1) is 0 Å². The SMILES string of the molecule is CCCN1CCCn2nc(CNC(=O)Cc3ccc(Cl)cc3)cc2C1. The minimum Gasteiger partial charge on any atom is -0.350 e. The Hall–Kier alpha value is -1.85. The van der Waals surface area contributed by atoms with Crippen molar-refractivity contribution in [3.05, 3.63) is 52.3 Å². The van der Waals surface area contributed by atoms with Crippen LogP contribution in [0.4, 0.5) is 0 Å². The molecule has 0 saturated carbocycles.